The lowest BCUT2D eigenvalue weighted by Crippen LogP contribution is -1.99. The Balaban J connectivity index is 1.98. The van der Waals surface area contributed by atoms with Crippen LogP contribution in [0.3, 0.4) is 0 Å². The molecule has 0 aliphatic heterocycles. The van der Waals surface area contributed by atoms with E-state index in [4.69, 9.17) is 0 Å². The Labute approximate surface area is 93.7 Å². The van der Waals surface area contributed by atoms with Gasteiger partial charge in [0.05, 0.1) is 17.6 Å². The first-order valence-corrected chi connectivity index (χ1v) is 5.54. The van der Waals surface area contributed by atoms with Crippen LogP contribution in [0.15, 0.2) is 29.0 Å². The number of hydrogen-bond acceptors (Lipinski definition) is 5. The molecule has 0 saturated heterocycles. The third-order valence-electron chi connectivity index (χ3n) is 1.57. The highest BCUT2D eigenvalue weighted by molar-refractivity contribution is 9.10. The molecule has 0 aliphatic carbocycles. The van der Waals surface area contributed by atoms with Crippen LogP contribution in [-0.2, 0) is 6.54 Å². The molecule has 1 N–H and O–H groups in total. The van der Waals surface area contributed by atoms with Crippen LogP contribution >= 0.6 is 27.5 Å². The van der Waals surface area contributed by atoms with E-state index < -0.39 is 0 Å². The van der Waals surface area contributed by atoms with Crippen molar-refractivity contribution in [3.05, 3.63) is 33.9 Å². The minimum absolute atomic E-state index is 0.709. The highest BCUT2D eigenvalue weighted by Gasteiger charge is 1.97. The number of hydrogen-bond donors (Lipinski definition) is 1. The third kappa shape index (κ3) is 2.49. The summed E-state index contributed by atoms with van der Waals surface area (Å²) in [5.74, 6) is 0.841. The van der Waals surface area contributed by atoms with E-state index in [9.17, 15) is 0 Å². The summed E-state index contributed by atoms with van der Waals surface area (Å²) in [4.78, 5) is 5.33. The summed E-state index contributed by atoms with van der Waals surface area (Å²) in [5.41, 5.74) is 0. The van der Waals surface area contributed by atoms with Crippen LogP contribution in [0.5, 0.6) is 0 Å². The summed E-state index contributed by atoms with van der Waals surface area (Å²) in [6.07, 6.45) is 1.75. The van der Waals surface area contributed by atoms with Crippen molar-refractivity contribution in [2.75, 3.05) is 5.32 Å². The monoisotopic (exact) mass is 270 g/mol. The average Bonchev–Trinajstić information content (AvgIpc) is 2.67. The number of aromatic nitrogens is 3. The molecule has 4 nitrogen and oxygen atoms in total. The van der Waals surface area contributed by atoms with Gasteiger partial charge in [0.2, 0.25) is 0 Å². The molecule has 0 unspecified atom stereocenters. The van der Waals surface area contributed by atoms with Crippen molar-refractivity contribution in [2.45, 2.75) is 6.54 Å². The van der Waals surface area contributed by atoms with E-state index in [0.29, 0.717) is 6.54 Å². The van der Waals surface area contributed by atoms with Gasteiger partial charge < -0.3 is 5.32 Å². The zero-order valence-corrected chi connectivity index (χ0v) is 9.55. The summed E-state index contributed by atoms with van der Waals surface area (Å²) in [7, 11) is 0. The first kappa shape index (κ1) is 9.54. The highest BCUT2D eigenvalue weighted by atomic mass is 79.9. The van der Waals surface area contributed by atoms with Gasteiger partial charge in [-0.05, 0) is 39.6 Å². The number of halogens is 1. The topological polar surface area (TPSA) is 50.7 Å². The van der Waals surface area contributed by atoms with Crippen molar-refractivity contribution >= 4 is 33.3 Å². The minimum Gasteiger partial charge on any atom is -0.365 e. The molecule has 2 rings (SSSR count). The van der Waals surface area contributed by atoms with E-state index in [1.165, 1.54) is 11.5 Å². The Morgan fingerprint density at radius 2 is 2.36 bits per heavy atom. The second-order valence-corrected chi connectivity index (χ2v) is 4.27. The zero-order valence-electron chi connectivity index (χ0n) is 7.14. The molecule has 0 saturated carbocycles. The largest absolute Gasteiger partial charge is 0.365 e. The van der Waals surface area contributed by atoms with Gasteiger partial charge in [-0.3, -0.25) is 0 Å². The molecule has 14 heavy (non-hydrogen) atoms. The Bertz CT molecular complexity index is 403. The number of nitrogens with one attached hydrogen (secondary N) is 1. The van der Waals surface area contributed by atoms with Crippen molar-refractivity contribution in [2.24, 2.45) is 0 Å². The molecule has 0 amide bonds. The quantitative estimate of drug-likeness (QED) is 0.870. The molecule has 0 radical (unpaired) electrons. The lowest BCUT2D eigenvalue weighted by Gasteiger charge is -2.02. The van der Waals surface area contributed by atoms with E-state index in [0.717, 1.165) is 15.3 Å². The molecule has 2 aromatic heterocycles. The second kappa shape index (κ2) is 4.47. The maximum atomic E-state index is 4.24. The molecule has 0 bridgehead atoms. The molecule has 2 aromatic rings. The van der Waals surface area contributed by atoms with Crippen LogP contribution in [-0.4, -0.2) is 14.6 Å². The molecule has 0 aromatic carbocycles. The number of pyridine rings is 1. The average molecular weight is 271 g/mol. The van der Waals surface area contributed by atoms with E-state index in [2.05, 4.69) is 35.8 Å². The van der Waals surface area contributed by atoms with Crippen LogP contribution in [0.25, 0.3) is 0 Å². The van der Waals surface area contributed by atoms with Gasteiger partial charge in [0.25, 0.3) is 0 Å². The normalized spacial score (nSPS) is 10.1. The van der Waals surface area contributed by atoms with Crippen LogP contribution in [0.4, 0.5) is 5.82 Å². The molecule has 0 atom stereocenters. The number of anilines is 1. The first-order valence-electron chi connectivity index (χ1n) is 3.97. The molecule has 6 heteroatoms. The molecular weight excluding hydrogens is 264 g/mol. The smallest absolute Gasteiger partial charge is 0.127 e. The predicted molar refractivity (Wildman–Crippen MR) is 59.2 cm³/mol. The van der Waals surface area contributed by atoms with Crippen molar-refractivity contribution in [3.8, 4) is 0 Å². The van der Waals surface area contributed by atoms with Gasteiger partial charge in [0, 0.05) is 0 Å². The highest BCUT2D eigenvalue weighted by Crippen LogP contribution is 2.11. The van der Waals surface area contributed by atoms with E-state index in [1.54, 1.807) is 6.20 Å². The maximum Gasteiger partial charge on any atom is 0.127 e. The molecular formula is C8H7BrN4S. The molecule has 72 valence electrons. The summed E-state index contributed by atoms with van der Waals surface area (Å²) in [5, 5.41) is 6.93. The van der Waals surface area contributed by atoms with E-state index >= 15 is 0 Å². The summed E-state index contributed by atoms with van der Waals surface area (Å²) < 4.78 is 4.60. The van der Waals surface area contributed by atoms with Gasteiger partial charge in [0.1, 0.15) is 10.4 Å². The minimum atomic E-state index is 0.709. The fourth-order valence-electron chi connectivity index (χ4n) is 0.950. The van der Waals surface area contributed by atoms with Gasteiger partial charge in [0.15, 0.2) is 0 Å². The third-order valence-corrected chi connectivity index (χ3v) is 2.67. The summed E-state index contributed by atoms with van der Waals surface area (Å²) >= 11 is 4.69. The van der Waals surface area contributed by atoms with Gasteiger partial charge in [-0.15, -0.1) is 5.10 Å². The molecule has 0 fully saturated rings. The number of rotatable bonds is 3. The lowest BCUT2D eigenvalue weighted by atomic mass is 10.4. The Morgan fingerprint density at radius 1 is 1.43 bits per heavy atom. The summed E-state index contributed by atoms with van der Waals surface area (Å²) in [6, 6.07) is 5.74. The zero-order chi connectivity index (χ0) is 9.80. The van der Waals surface area contributed by atoms with Crippen LogP contribution in [0.2, 0.25) is 0 Å². The van der Waals surface area contributed by atoms with E-state index in [1.807, 2.05) is 18.2 Å². The molecule has 0 spiro atoms. The van der Waals surface area contributed by atoms with Crippen molar-refractivity contribution in [1.29, 1.82) is 0 Å². The molecule has 2 heterocycles. The Hall–Kier alpha value is -1.01. The predicted octanol–water partition coefficient (Wildman–Crippen LogP) is 2.31. The van der Waals surface area contributed by atoms with E-state index in [-0.39, 0.29) is 0 Å². The van der Waals surface area contributed by atoms with Gasteiger partial charge in [-0.1, -0.05) is 10.6 Å². The second-order valence-electron chi connectivity index (χ2n) is 2.58. The SMILES string of the molecule is Brc1cccc(NCc2cnns2)n1. The number of nitrogens with zero attached hydrogens (tertiary/aromatic N) is 3. The summed E-state index contributed by atoms with van der Waals surface area (Å²) in [6.45, 7) is 0.709. The van der Waals surface area contributed by atoms with Crippen molar-refractivity contribution in [1.82, 2.24) is 14.6 Å². The van der Waals surface area contributed by atoms with Gasteiger partial charge in [-0.2, -0.15) is 0 Å². The fraction of sp³-hybridized carbons (Fsp3) is 0.125. The standard InChI is InChI=1S/C8H7BrN4S/c9-7-2-1-3-8(12-7)10-4-6-5-11-13-14-6/h1-3,5H,4H2,(H,10,12). The van der Waals surface area contributed by atoms with Gasteiger partial charge in [-0.25, -0.2) is 4.98 Å². The molecule has 0 aliphatic rings. The lowest BCUT2D eigenvalue weighted by molar-refractivity contribution is 1.10. The Kier molecular flexibility index (Phi) is 3.05. The Morgan fingerprint density at radius 3 is 3.07 bits per heavy atom. The van der Waals surface area contributed by atoms with Crippen molar-refractivity contribution in [3.63, 3.8) is 0 Å². The van der Waals surface area contributed by atoms with Gasteiger partial charge >= 0.3 is 0 Å². The van der Waals surface area contributed by atoms with Crippen LogP contribution in [0, 0.1) is 0 Å². The fourth-order valence-corrected chi connectivity index (χ4v) is 1.72. The van der Waals surface area contributed by atoms with Crippen LogP contribution in [0.1, 0.15) is 4.88 Å². The first-order chi connectivity index (χ1) is 6.84. The van der Waals surface area contributed by atoms with Crippen LogP contribution < -0.4 is 5.32 Å². The van der Waals surface area contributed by atoms with Crippen molar-refractivity contribution < 1.29 is 0 Å². The maximum absolute atomic E-state index is 4.24.